The van der Waals surface area contributed by atoms with E-state index >= 15 is 0 Å². The van der Waals surface area contributed by atoms with Gasteiger partial charge in [-0.1, -0.05) is 32.9 Å². The zero-order chi connectivity index (χ0) is 20.3. The first kappa shape index (κ1) is 20.2. The predicted molar refractivity (Wildman–Crippen MR) is 107 cm³/mol. The molecule has 1 aromatic carbocycles. The number of carboxylic acid groups (broad SMARTS) is 1. The van der Waals surface area contributed by atoms with Crippen LogP contribution in [0, 0.1) is 11.3 Å². The topological polar surface area (TPSA) is 95.7 Å². The van der Waals surface area contributed by atoms with Gasteiger partial charge in [-0.25, -0.2) is 4.79 Å². The van der Waals surface area contributed by atoms with Gasteiger partial charge >= 0.3 is 5.97 Å². The number of fused-ring (bicyclic) bond motifs is 1. The predicted octanol–water partition coefficient (Wildman–Crippen LogP) is 3.44. The van der Waals surface area contributed by atoms with Crippen molar-refractivity contribution in [3.05, 3.63) is 24.3 Å². The highest BCUT2D eigenvalue weighted by Gasteiger charge is 2.30. The first-order valence-electron chi connectivity index (χ1n) is 9.87. The van der Waals surface area contributed by atoms with Crippen molar-refractivity contribution in [2.45, 2.75) is 52.5 Å². The Labute approximate surface area is 165 Å². The SMILES string of the molecule is CC(C)(C)CCC(NC(=O)C1CCN(c2nc3ccccc3o2)CC1)C(=O)O. The first-order chi connectivity index (χ1) is 13.2. The Morgan fingerprint density at radius 3 is 2.57 bits per heavy atom. The van der Waals surface area contributed by atoms with Gasteiger partial charge in [-0.2, -0.15) is 4.98 Å². The van der Waals surface area contributed by atoms with Crippen molar-refractivity contribution in [2.75, 3.05) is 18.0 Å². The van der Waals surface area contributed by atoms with Crippen LogP contribution in [0.15, 0.2) is 28.7 Å². The van der Waals surface area contributed by atoms with Gasteiger partial charge in [0.25, 0.3) is 6.01 Å². The lowest BCUT2D eigenvalue weighted by Gasteiger charge is -2.31. The Morgan fingerprint density at radius 1 is 1.29 bits per heavy atom. The van der Waals surface area contributed by atoms with Gasteiger partial charge in [0.2, 0.25) is 5.91 Å². The number of aromatic nitrogens is 1. The van der Waals surface area contributed by atoms with E-state index in [4.69, 9.17) is 4.42 Å². The van der Waals surface area contributed by atoms with Gasteiger partial charge < -0.3 is 19.7 Å². The molecule has 1 aliphatic rings. The van der Waals surface area contributed by atoms with Crippen LogP contribution < -0.4 is 10.2 Å². The van der Waals surface area contributed by atoms with Crippen molar-refractivity contribution in [3.63, 3.8) is 0 Å². The number of nitrogens with zero attached hydrogens (tertiary/aromatic N) is 2. The highest BCUT2D eigenvalue weighted by molar-refractivity contribution is 5.85. The fraction of sp³-hybridized carbons (Fsp3) is 0.571. The lowest BCUT2D eigenvalue weighted by molar-refractivity contribution is -0.143. The van der Waals surface area contributed by atoms with Crippen molar-refractivity contribution in [3.8, 4) is 0 Å². The maximum absolute atomic E-state index is 12.6. The van der Waals surface area contributed by atoms with Crippen LogP contribution in [0.5, 0.6) is 0 Å². The number of carboxylic acids is 1. The summed E-state index contributed by atoms with van der Waals surface area (Å²) in [4.78, 5) is 30.6. The molecule has 1 aliphatic heterocycles. The fourth-order valence-electron chi connectivity index (χ4n) is 3.45. The summed E-state index contributed by atoms with van der Waals surface area (Å²) < 4.78 is 5.80. The number of hydrogen-bond acceptors (Lipinski definition) is 5. The molecular formula is C21H29N3O4. The summed E-state index contributed by atoms with van der Waals surface area (Å²) in [7, 11) is 0. The Kier molecular flexibility index (Phi) is 5.91. The number of nitrogens with one attached hydrogen (secondary N) is 1. The van der Waals surface area contributed by atoms with Crippen molar-refractivity contribution >= 4 is 29.0 Å². The van der Waals surface area contributed by atoms with E-state index in [1.807, 2.05) is 29.2 Å². The molecule has 0 radical (unpaired) electrons. The molecule has 2 aromatic rings. The van der Waals surface area contributed by atoms with Gasteiger partial charge in [-0.15, -0.1) is 0 Å². The summed E-state index contributed by atoms with van der Waals surface area (Å²) >= 11 is 0. The van der Waals surface area contributed by atoms with Gasteiger partial charge in [0.05, 0.1) is 0 Å². The minimum absolute atomic E-state index is 0.0311. The number of rotatable bonds is 6. The minimum Gasteiger partial charge on any atom is -0.480 e. The molecule has 1 fully saturated rings. The molecule has 2 N–H and O–H groups in total. The highest BCUT2D eigenvalue weighted by Crippen LogP contribution is 2.27. The van der Waals surface area contributed by atoms with Gasteiger partial charge in [0, 0.05) is 19.0 Å². The number of benzene rings is 1. The molecule has 3 rings (SSSR count). The van der Waals surface area contributed by atoms with Crippen LogP contribution in [-0.4, -0.2) is 41.1 Å². The molecule has 1 aromatic heterocycles. The molecule has 7 heteroatoms. The molecule has 7 nitrogen and oxygen atoms in total. The summed E-state index contributed by atoms with van der Waals surface area (Å²) in [6.45, 7) is 7.51. The van der Waals surface area contributed by atoms with E-state index < -0.39 is 12.0 Å². The third-order valence-electron chi connectivity index (χ3n) is 5.22. The summed E-state index contributed by atoms with van der Waals surface area (Å²) in [6.07, 6.45) is 2.47. The summed E-state index contributed by atoms with van der Waals surface area (Å²) in [6, 6.07) is 7.37. The lowest BCUT2D eigenvalue weighted by atomic mass is 9.88. The summed E-state index contributed by atoms with van der Waals surface area (Å²) in [5, 5.41) is 12.2. The number of piperidine rings is 1. The number of oxazole rings is 1. The quantitative estimate of drug-likeness (QED) is 0.788. The van der Waals surface area contributed by atoms with E-state index in [9.17, 15) is 14.7 Å². The largest absolute Gasteiger partial charge is 0.480 e. The fourth-order valence-corrected chi connectivity index (χ4v) is 3.45. The Morgan fingerprint density at radius 2 is 1.96 bits per heavy atom. The average molecular weight is 387 g/mol. The lowest BCUT2D eigenvalue weighted by Crippen LogP contribution is -2.47. The number of carbonyl (C=O) groups is 2. The van der Waals surface area contributed by atoms with E-state index in [2.05, 4.69) is 31.1 Å². The van der Waals surface area contributed by atoms with Crippen LogP contribution >= 0.6 is 0 Å². The molecule has 2 heterocycles. The Bertz CT molecular complexity index is 799. The monoisotopic (exact) mass is 387 g/mol. The number of aliphatic carboxylic acids is 1. The normalized spacial score (nSPS) is 16.9. The second kappa shape index (κ2) is 8.20. The molecule has 28 heavy (non-hydrogen) atoms. The van der Waals surface area contributed by atoms with E-state index in [-0.39, 0.29) is 17.2 Å². The van der Waals surface area contributed by atoms with Gasteiger partial charge in [0.1, 0.15) is 11.6 Å². The number of para-hydroxylation sites is 2. The minimum atomic E-state index is -0.971. The van der Waals surface area contributed by atoms with Crippen molar-refractivity contribution in [1.82, 2.24) is 10.3 Å². The van der Waals surface area contributed by atoms with E-state index in [1.54, 1.807) is 0 Å². The highest BCUT2D eigenvalue weighted by atomic mass is 16.4. The summed E-state index contributed by atoms with van der Waals surface area (Å²) in [5.41, 5.74) is 1.60. The van der Waals surface area contributed by atoms with E-state index in [1.165, 1.54) is 0 Å². The molecule has 0 aliphatic carbocycles. The molecule has 0 saturated carbocycles. The van der Waals surface area contributed by atoms with Crippen LogP contribution in [-0.2, 0) is 9.59 Å². The molecule has 1 unspecified atom stereocenters. The van der Waals surface area contributed by atoms with Crippen LogP contribution in [0.3, 0.4) is 0 Å². The van der Waals surface area contributed by atoms with Crippen LogP contribution in [0.1, 0.15) is 46.5 Å². The maximum Gasteiger partial charge on any atom is 0.326 e. The number of carbonyl (C=O) groups excluding carboxylic acids is 1. The van der Waals surface area contributed by atoms with E-state index in [0.29, 0.717) is 38.4 Å². The third kappa shape index (κ3) is 5.03. The average Bonchev–Trinajstić information content (AvgIpc) is 3.08. The number of amides is 1. The number of hydrogen-bond donors (Lipinski definition) is 2. The first-order valence-corrected chi connectivity index (χ1v) is 9.87. The summed E-state index contributed by atoms with van der Waals surface area (Å²) in [5.74, 6) is -1.32. The Balaban J connectivity index is 1.54. The standard InChI is InChI=1S/C21H29N3O4/c1-21(2,3)11-8-16(19(26)27)22-18(25)14-9-12-24(13-10-14)20-23-15-6-4-5-7-17(15)28-20/h4-7,14,16H,8-13H2,1-3H3,(H,22,25)(H,26,27). The van der Waals surface area contributed by atoms with Crippen LogP contribution in [0.2, 0.25) is 0 Å². The molecule has 0 spiro atoms. The zero-order valence-electron chi connectivity index (χ0n) is 16.8. The Hall–Kier alpha value is -2.57. The van der Waals surface area contributed by atoms with Crippen LogP contribution in [0.4, 0.5) is 6.01 Å². The van der Waals surface area contributed by atoms with Crippen molar-refractivity contribution < 1.29 is 19.1 Å². The number of anilines is 1. The van der Waals surface area contributed by atoms with Crippen molar-refractivity contribution in [2.24, 2.45) is 11.3 Å². The van der Waals surface area contributed by atoms with Crippen molar-refractivity contribution in [1.29, 1.82) is 0 Å². The van der Waals surface area contributed by atoms with Gasteiger partial charge in [0.15, 0.2) is 5.58 Å². The van der Waals surface area contributed by atoms with Gasteiger partial charge in [-0.05, 0) is 43.2 Å². The molecule has 1 saturated heterocycles. The van der Waals surface area contributed by atoms with Crippen LogP contribution in [0.25, 0.3) is 11.1 Å². The molecule has 1 amide bonds. The third-order valence-corrected chi connectivity index (χ3v) is 5.22. The van der Waals surface area contributed by atoms with Gasteiger partial charge in [-0.3, -0.25) is 4.79 Å². The second-order valence-electron chi connectivity index (χ2n) is 8.72. The molecule has 0 bridgehead atoms. The van der Waals surface area contributed by atoms with E-state index in [0.717, 1.165) is 17.5 Å². The zero-order valence-corrected chi connectivity index (χ0v) is 16.8. The molecular weight excluding hydrogens is 358 g/mol. The second-order valence-corrected chi connectivity index (χ2v) is 8.72. The maximum atomic E-state index is 12.6. The smallest absolute Gasteiger partial charge is 0.326 e. The molecule has 152 valence electrons. The molecule has 1 atom stereocenters.